The van der Waals surface area contributed by atoms with Gasteiger partial charge in [0.25, 0.3) is 5.69 Å². The van der Waals surface area contributed by atoms with Gasteiger partial charge < -0.3 is 35.6 Å². The van der Waals surface area contributed by atoms with Crippen LogP contribution in [0.3, 0.4) is 0 Å². The average molecular weight is 584 g/mol. The number of nitrogens with two attached hydrogens (primary N) is 1. The van der Waals surface area contributed by atoms with Crippen molar-refractivity contribution >= 4 is 45.7 Å². The molecule has 0 radical (unpaired) electrons. The van der Waals surface area contributed by atoms with Crippen LogP contribution in [-0.2, 0) is 13.0 Å². The molecule has 2 aromatic heterocycles. The molecule has 0 unspecified atom stereocenters. The molecule has 12 heteroatoms. The molecule has 1 aliphatic heterocycles. The summed E-state index contributed by atoms with van der Waals surface area (Å²) in [5, 5.41) is 24.4. The number of hydrogen-bond acceptors (Lipinski definition) is 10. The molecule has 0 bridgehead atoms. The molecule has 2 aromatic carbocycles. The van der Waals surface area contributed by atoms with Gasteiger partial charge in [0.05, 0.1) is 28.9 Å². The summed E-state index contributed by atoms with van der Waals surface area (Å²) in [5.74, 6) is 0.641. The van der Waals surface area contributed by atoms with Crippen molar-refractivity contribution in [2.45, 2.75) is 26.3 Å². The lowest BCUT2D eigenvalue weighted by Crippen LogP contribution is -2.28. The van der Waals surface area contributed by atoms with Gasteiger partial charge in [-0.25, -0.2) is 9.97 Å². The molecular formula is C31H37N9O3. The molecule has 0 amide bonds. The summed E-state index contributed by atoms with van der Waals surface area (Å²) in [6.45, 7) is 3.97. The molecule has 0 atom stereocenters. The molecule has 0 saturated heterocycles. The zero-order chi connectivity index (χ0) is 30.8. The second-order valence-electron chi connectivity index (χ2n) is 11.0. The number of nitro benzene ring substituents is 1. The van der Waals surface area contributed by atoms with Crippen molar-refractivity contribution in [1.29, 1.82) is 5.41 Å². The zero-order valence-electron chi connectivity index (χ0n) is 25.1. The molecular weight excluding hydrogens is 546 g/mol. The van der Waals surface area contributed by atoms with E-state index in [4.69, 9.17) is 20.9 Å². The third-order valence-corrected chi connectivity index (χ3v) is 7.76. The molecule has 43 heavy (non-hydrogen) atoms. The van der Waals surface area contributed by atoms with Gasteiger partial charge in [0.15, 0.2) is 0 Å². The van der Waals surface area contributed by atoms with E-state index in [9.17, 15) is 10.1 Å². The third kappa shape index (κ3) is 5.73. The van der Waals surface area contributed by atoms with Crippen LogP contribution in [0.1, 0.15) is 24.5 Å². The first-order valence-electron chi connectivity index (χ1n) is 14.1. The van der Waals surface area contributed by atoms with E-state index in [0.29, 0.717) is 46.2 Å². The molecule has 0 fully saturated rings. The van der Waals surface area contributed by atoms with Crippen molar-refractivity contribution < 1.29 is 9.66 Å². The summed E-state index contributed by atoms with van der Waals surface area (Å²) >= 11 is 0. The van der Waals surface area contributed by atoms with Crippen LogP contribution >= 0.6 is 0 Å². The molecule has 1 aliphatic rings. The first-order valence-corrected chi connectivity index (χ1v) is 14.1. The van der Waals surface area contributed by atoms with E-state index in [0.717, 1.165) is 36.9 Å². The number of allylic oxidation sites excluding steroid dienone is 2. The van der Waals surface area contributed by atoms with Gasteiger partial charge in [-0.15, -0.1) is 0 Å². The number of ether oxygens (including phenoxy) is 1. The van der Waals surface area contributed by atoms with Crippen LogP contribution in [0, 0.1) is 15.5 Å². The number of anilines is 3. The highest BCUT2D eigenvalue weighted by Crippen LogP contribution is 2.41. The Bertz CT molecular complexity index is 1740. The van der Waals surface area contributed by atoms with E-state index in [2.05, 4.69) is 39.3 Å². The Morgan fingerprint density at radius 3 is 2.74 bits per heavy atom. The number of nitrogens with zero attached hydrogens (tertiary/aromatic N) is 6. The van der Waals surface area contributed by atoms with E-state index in [-0.39, 0.29) is 11.6 Å². The van der Waals surface area contributed by atoms with Gasteiger partial charge in [0, 0.05) is 85.2 Å². The fraction of sp³-hybridized carbons (Fsp3) is 0.323. The number of aryl methyl sites for hydroxylation is 2. The molecule has 3 heterocycles. The maximum absolute atomic E-state index is 12.1. The van der Waals surface area contributed by atoms with Crippen LogP contribution in [0.15, 0.2) is 48.4 Å². The average Bonchev–Trinajstić information content (AvgIpc) is 3.36. The maximum Gasteiger partial charge on any atom is 0.294 e. The number of nitrogens with one attached hydrogen (secondary N) is 2. The molecule has 0 spiro atoms. The number of likely N-dealkylation sites (N-methyl/N-ethyl adjacent to an activating group) is 2. The summed E-state index contributed by atoms with van der Waals surface area (Å²) in [7, 11) is 7.24. The minimum Gasteiger partial charge on any atom is -0.494 e. The van der Waals surface area contributed by atoms with Gasteiger partial charge >= 0.3 is 0 Å². The van der Waals surface area contributed by atoms with Crippen LogP contribution in [0.5, 0.6) is 5.75 Å². The zero-order valence-corrected chi connectivity index (χ0v) is 25.1. The number of hydrogen-bond donors (Lipinski definition) is 3. The van der Waals surface area contributed by atoms with Crippen molar-refractivity contribution in [1.82, 2.24) is 19.4 Å². The SMILES string of the molecule is COc1cc(N(C)CCN(C)C)c([N+](=O)[O-])cc1Nc1ncc(/C(C=N)=C(\C)N)c(-c2cn3c4c(cccc24)CCC3)n1. The molecule has 224 valence electrons. The highest BCUT2D eigenvalue weighted by atomic mass is 16.6. The Labute approximate surface area is 250 Å². The highest BCUT2D eigenvalue weighted by Gasteiger charge is 2.24. The Kier molecular flexibility index (Phi) is 8.31. The van der Waals surface area contributed by atoms with E-state index >= 15 is 0 Å². The number of rotatable bonds is 11. The third-order valence-electron chi connectivity index (χ3n) is 7.76. The fourth-order valence-electron chi connectivity index (χ4n) is 5.56. The van der Waals surface area contributed by atoms with Gasteiger partial charge in [0.1, 0.15) is 11.4 Å². The van der Waals surface area contributed by atoms with Gasteiger partial charge in [-0.05, 0) is 39.4 Å². The number of aromatic nitrogens is 3. The monoisotopic (exact) mass is 583 g/mol. The van der Waals surface area contributed by atoms with Crippen LogP contribution < -0.4 is 20.7 Å². The van der Waals surface area contributed by atoms with Crippen molar-refractivity contribution in [2.75, 3.05) is 51.6 Å². The van der Waals surface area contributed by atoms with Gasteiger partial charge in [-0.3, -0.25) is 10.1 Å². The number of methoxy groups -OCH3 is 1. The van der Waals surface area contributed by atoms with Gasteiger partial charge in [0.2, 0.25) is 5.95 Å². The number of para-hydroxylation sites is 1. The van der Waals surface area contributed by atoms with Gasteiger partial charge in [-0.2, -0.15) is 0 Å². The molecule has 4 N–H and O–H groups in total. The van der Waals surface area contributed by atoms with Crippen LogP contribution in [0.25, 0.3) is 27.7 Å². The molecule has 0 saturated carbocycles. The van der Waals surface area contributed by atoms with Crippen LogP contribution in [0.4, 0.5) is 23.0 Å². The summed E-state index contributed by atoms with van der Waals surface area (Å²) in [5.41, 5.74) is 12.5. The first kappa shape index (κ1) is 29.5. The summed E-state index contributed by atoms with van der Waals surface area (Å²) < 4.78 is 7.91. The van der Waals surface area contributed by atoms with Crippen LogP contribution in [0.2, 0.25) is 0 Å². The Hall–Kier alpha value is -4.97. The number of benzene rings is 2. The summed E-state index contributed by atoms with van der Waals surface area (Å²) in [6.07, 6.45) is 7.01. The molecule has 5 rings (SSSR count). The smallest absolute Gasteiger partial charge is 0.294 e. The van der Waals surface area contributed by atoms with E-state index < -0.39 is 4.92 Å². The lowest BCUT2D eigenvalue weighted by molar-refractivity contribution is -0.384. The van der Waals surface area contributed by atoms with Crippen molar-refractivity contribution in [3.8, 4) is 17.0 Å². The Morgan fingerprint density at radius 1 is 1.28 bits per heavy atom. The minimum atomic E-state index is -0.402. The minimum absolute atomic E-state index is 0.0665. The standard InChI is InChI=1S/C31H37N9O3/c1-19(33)22(16-32)23-17-34-31(36-29(23)24-18-39-11-7-9-20-8-6-10-21(24)30(20)39)35-25-14-27(40(41)42)26(15-28(25)43-5)38(4)13-12-37(2)3/h6,8,10,14-18,32H,7,9,11-13,33H2,1-5H3,(H,34,35,36)/b22-19+,32-16?. The van der Waals surface area contributed by atoms with E-state index in [1.165, 1.54) is 30.5 Å². The molecule has 12 nitrogen and oxygen atoms in total. The first-order chi connectivity index (χ1) is 20.6. The van der Waals surface area contributed by atoms with Crippen molar-refractivity contribution in [3.63, 3.8) is 0 Å². The van der Waals surface area contributed by atoms with Crippen molar-refractivity contribution in [3.05, 3.63) is 69.7 Å². The highest BCUT2D eigenvalue weighted by molar-refractivity contribution is 6.12. The summed E-state index contributed by atoms with van der Waals surface area (Å²) in [6, 6.07) is 9.40. The quantitative estimate of drug-likeness (QED) is 0.125. The lowest BCUT2D eigenvalue weighted by atomic mass is 9.98. The predicted molar refractivity (Wildman–Crippen MR) is 172 cm³/mol. The second kappa shape index (κ2) is 12.1. The molecule has 0 aliphatic carbocycles. The van der Waals surface area contributed by atoms with E-state index in [1.807, 2.05) is 30.9 Å². The number of nitro groups is 1. The predicted octanol–water partition coefficient (Wildman–Crippen LogP) is 5.04. The largest absolute Gasteiger partial charge is 0.494 e. The summed E-state index contributed by atoms with van der Waals surface area (Å²) in [4.78, 5) is 25.1. The van der Waals surface area contributed by atoms with Crippen LogP contribution in [-0.4, -0.2) is 71.9 Å². The second-order valence-corrected chi connectivity index (χ2v) is 11.0. The molecule has 4 aromatic rings. The maximum atomic E-state index is 12.1. The fourth-order valence-corrected chi connectivity index (χ4v) is 5.56. The van der Waals surface area contributed by atoms with E-state index in [1.54, 1.807) is 19.2 Å². The topological polar surface area (TPSA) is 151 Å². The normalized spacial score (nSPS) is 13.2. The Balaban J connectivity index is 1.63. The lowest BCUT2D eigenvalue weighted by Gasteiger charge is -2.23. The van der Waals surface area contributed by atoms with Gasteiger partial charge in [-0.1, -0.05) is 18.2 Å². The Morgan fingerprint density at radius 2 is 2.07 bits per heavy atom. The van der Waals surface area contributed by atoms with Crippen molar-refractivity contribution in [2.24, 2.45) is 5.73 Å².